The molecule has 17 heavy (non-hydrogen) atoms. The molecule has 2 atom stereocenters. The molecule has 0 saturated heterocycles. The maximum atomic E-state index is 5.57. The van der Waals surface area contributed by atoms with Gasteiger partial charge in [-0.1, -0.05) is 11.6 Å². The van der Waals surface area contributed by atoms with Gasteiger partial charge in [0.05, 0.1) is 18.0 Å². The molecule has 94 valence electrons. The molecule has 2 saturated carbocycles. The molecule has 0 unspecified atom stereocenters. The van der Waals surface area contributed by atoms with Crippen molar-refractivity contribution in [3.63, 3.8) is 0 Å². The minimum Gasteiger partial charge on any atom is -0.381 e. The van der Waals surface area contributed by atoms with E-state index in [0.717, 1.165) is 18.7 Å². The van der Waals surface area contributed by atoms with Crippen molar-refractivity contribution in [3.8, 4) is 0 Å². The third kappa shape index (κ3) is 1.60. The SMILES string of the molecule is CO[C@@H]1C[C@H](NCc2cnnn2C)C12CCC2. The lowest BCUT2D eigenvalue weighted by Gasteiger charge is -2.61. The van der Waals surface area contributed by atoms with Crippen molar-refractivity contribution in [2.24, 2.45) is 12.5 Å². The van der Waals surface area contributed by atoms with E-state index in [0.29, 0.717) is 17.6 Å². The standard InChI is InChI=1S/C12H20N4O/c1-16-9(8-14-15-16)7-13-10-6-11(17-2)12(10)4-3-5-12/h8,10-11,13H,3-7H2,1-2H3/t10-,11+/m0/s1. The molecular formula is C12H20N4O. The fraction of sp³-hybridized carbons (Fsp3) is 0.833. The highest BCUT2D eigenvalue weighted by molar-refractivity contribution is 5.12. The lowest BCUT2D eigenvalue weighted by Crippen LogP contribution is -2.66. The monoisotopic (exact) mass is 236 g/mol. The van der Waals surface area contributed by atoms with Crippen LogP contribution in [0.2, 0.25) is 0 Å². The molecule has 0 aliphatic heterocycles. The molecular weight excluding hydrogens is 216 g/mol. The number of methoxy groups -OCH3 is 1. The van der Waals surface area contributed by atoms with Crippen LogP contribution < -0.4 is 5.32 Å². The maximum Gasteiger partial charge on any atom is 0.0738 e. The molecule has 2 aliphatic rings. The van der Waals surface area contributed by atoms with Gasteiger partial charge in [-0.3, -0.25) is 4.68 Å². The Labute approximate surface area is 102 Å². The summed E-state index contributed by atoms with van der Waals surface area (Å²) in [5, 5.41) is 11.5. The van der Waals surface area contributed by atoms with Gasteiger partial charge in [0.15, 0.2) is 0 Å². The molecule has 5 heteroatoms. The zero-order valence-corrected chi connectivity index (χ0v) is 10.5. The molecule has 0 amide bonds. The number of aromatic nitrogens is 3. The van der Waals surface area contributed by atoms with E-state index in [4.69, 9.17) is 4.74 Å². The molecule has 2 aliphatic carbocycles. The Balaban J connectivity index is 1.59. The molecule has 1 aromatic heterocycles. The van der Waals surface area contributed by atoms with Crippen molar-refractivity contribution < 1.29 is 4.74 Å². The van der Waals surface area contributed by atoms with E-state index < -0.39 is 0 Å². The maximum absolute atomic E-state index is 5.57. The summed E-state index contributed by atoms with van der Waals surface area (Å²) >= 11 is 0. The number of hydrogen-bond donors (Lipinski definition) is 1. The first-order valence-electron chi connectivity index (χ1n) is 6.36. The van der Waals surface area contributed by atoms with Gasteiger partial charge in [0.1, 0.15) is 0 Å². The van der Waals surface area contributed by atoms with Crippen molar-refractivity contribution in [2.75, 3.05) is 7.11 Å². The highest BCUT2D eigenvalue weighted by Gasteiger charge is 2.58. The second-order valence-corrected chi connectivity index (χ2v) is 5.33. The Bertz CT molecular complexity index is 399. The van der Waals surface area contributed by atoms with Gasteiger partial charge in [-0.25, -0.2) is 0 Å². The van der Waals surface area contributed by atoms with E-state index in [1.54, 1.807) is 0 Å². The Morgan fingerprint density at radius 2 is 2.41 bits per heavy atom. The van der Waals surface area contributed by atoms with Crippen LogP contribution in [0.3, 0.4) is 0 Å². The number of aryl methyl sites for hydroxylation is 1. The van der Waals surface area contributed by atoms with Crippen LogP contribution in [-0.2, 0) is 18.3 Å². The number of nitrogens with one attached hydrogen (secondary N) is 1. The highest BCUT2D eigenvalue weighted by atomic mass is 16.5. The minimum absolute atomic E-state index is 0.431. The molecule has 0 radical (unpaired) electrons. The molecule has 0 bridgehead atoms. The molecule has 3 rings (SSSR count). The molecule has 1 N–H and O–H groups in total. The smallest absolute Gasteiger partial charge is 0.0738 e. The largest absolute Gasteiger partial charge is 0.381 e. The van der Waals surface area contributed by atoms with Crippen LogP contribution in [0.1, 0.15) is 31.4 Å². The van der Waals surface area contributed by atoms with Crippen LogP contribution in [-0.4, -0.2) is 34.2 Å². The lowest BCUT2D eigenvalue weighted by molar-refractivity contribution is -0.162. The van der Waals surface area contributed by atoms with Gasteiger partial charge in [-0.2, -0.15) is 0 Å². The molecule has 1 spiro atoms. The summed E-state index contributed by atoms with van der Waals surface area (Å²) < 4.78 is 7.39. The van der Waals surface area contributed by atoms with E-state index in [1.807, 2.05) is 25.0 Å². The van der Waals surface area contributed by atoms with Crippen molar-refractivity contribution >= 4 is 0 Å². The minimum atomic E-state index is 0.431. The van der Waals surface area contributed by atoms with E-state index in [1.165, 1.54) is 19.3 Å². The molecule has 1 heterocycles. The number of rotatable bonds is 4. The fourth-order valence-corrected chi connectivity index (χ4v) is 3.32. The van der Waals surface area contributed by atoms with Gasteiger partial charge in [-0.05, 0) is 19.3 Å². The van der Waals surface area contributed by atoms with Gasteiger partial charge in [0, 0.05) is 32.2 Å². The van der Waals surface area contributed by atoms with Crippen LogP contribution in [0, 0.1) is 5.41 Å². The van der Waals surface area contributed by atoms with Gasteiger partial charge in [0.2, 0.25) is 0 Å². The summed E-state index contributed by atoms with van der Waals surface area (Å²) in [7, 11) is 3.77. The van der Waals surface area contributed by atoms with Gasteiger partial charge in [0.25, 0.3) is 0 Å². The molecule has 5 nitrogen and oxygen atoms in total. The van der Waals surface area contributed by atoms with Crippen LogP contribution in [0.5, 0.6) is 0 Å². The van der Waals surface area contributed by atoms with Crippen molar-refractivity contribution in [1.29, 1.82) is 0 Å². The number of ether oxygens (including phenoxy) is 1. The Hall–Kier alpha value is -0.940. The number of nitrogens with zero attached hydrogens (tertiary/aromatic N) is 3. The second kappa shape index (κ2) is 4.07. The second-order valence-electron chi connectivity index (χ2n) is 5.33. The normalized spacial score (nSPS) is 30.0. The predicted molar refractivity (Wildman–Crippen MR) is 63.3 cm³/mol. The van der Waals surface area contributed by atoms with Gasteiger partial charge < -0.3 is 10.1 Å². The van der Waals surface area contributed by atoms with Crippen LogP contribution in [0.15, 0.2) is 6.20 Å². The first-order chi connectivity index (χ1) is 8.26. The Kier molecular flexibility index (Phi) is 2.67. The number of hydrogen-bond acceptors (Lipinski definition) is 4. The summed E-state index contributed by atoms with van der Waals surface area (Å²) in [4.78, 5) is 0. The third-order valence-corrected chi connectivity index (χ3v) is 4.69. The first kappa shape index (κ1) is 11.2. The van der Waals surface area contributed by atoms with Gasteiger partial charge in [-0.15, -0.1) is 5.10 Å². The lowest BCUT2D eigenvalue weighted by atomic mass is 9.51. The molecule has 1 aromatic rings. The molecule has 2 fully saturated rings. The quantitative estimate of drug-likeness (QED) is 0.842. The zero-order chi connectivity index (χ0) is 11.9. The van der Waals surface area contributed by atoms with E-state index >= 15 is 0 Å². The summed E-state index contributed by atoms with van der Waals surface area (Å²) in [5.41, 5.74) is 1.57. The van der Waals surface area contributed by atoms with Crippen molar-refractivity contribution in [3.05, 3.63) is 11.9 Å². The van der Waals surface area contributed by atoms with Gasteiger partial charge >= 0.3 is 0 Å². The van der Waals surface area contributed by atoms with Crippen molar-refractivity contribution in [1.82, 2.24) is 20.3 Å². The predicted octanol–water partition coefficient (Wildman–Crippen LogP) is 0.862. The summed E-state index contributed by atoms with van der Waals surface area (Å²) in [6, 6.07) is 0.608. The van der Waals surface area contributed by atoms with E-state index in [2.05, 4.69) is 15.6 Å². The summed E-state index contributed by atoms with van der Waals surface area (Å²) in [6.45, 7) is 0.854. The van der Waals surface area contributed by atoms with Crippen molar-refractivity contribution in [2.45, 2.75) is 44.4 Å². The van der Waals surface area contributed by atoms with E-state index in [-0.39, 0.29) is 0 Å². The Morgan fingerprint density at radius 3 is 2.94 bits per heavy atom. The average molecular weight is 236 g/mol. The average Bonchev–Trinajstić information content (AvgIpc) is 2.61. The van der Waals surface area contributed by atoms with Crippen LogP contribution in [0.4, 0.5) is 0 Å². The van der Waals surface area contributed by atoms with Crippen LogP contribution in [0.25, 0.3) is 0 Å². The highest BCUT2D eigenvalue weighted by Crippen LogP contribution is 2.57. The molecule has 0 aromatic carbocycles. The first-order valence-corrected chi connectivity index (χ1v) is 6.36. The Morgan fingerprint density at radius 1 is 1.59 bits per heavy atom. The summed E-state index contributed by atoms with van der Waals surface area (Å²) in [6.07, 6.45) is 7.41. The topological polar surface area (TPSA) is 52.0 Å². The zero-order valence-electron chi connectivity index (χ0n) is 10.5. The fourth-order valence-electron chi connectivity index (χ4n) is 3.32. The summed E-state index contributed by atoms with van der Waals surface area (Å²) in [5.74, 6) is 0. The van der Waals surface area contributed by atoms with E-state index in [9.17, 15) is 0 Å². The van der Waals surface area contributed by atoms with Crippen LogP contribution >= 0.6 is 0 Å². The third-order valence-electron chi connectivity index (χ3n) is 4.69.